The lowest BCUT2D eigenvalue weighted by molar-refractivity contribution is -0.149. The molecule has 8 heteroatoms. The van der Waals surface area contributed by atoms with Crippen molar-refractivity contribution in [2.24, 2.45) is 17.3 Å². The lowest BCUT2D eigenvalue weighted by Gasteiger charge is -2.38. The fourth-order valence-electron chi connectivity index (χ4n) is 6.45. The van der Waals surface area contributed by atoms with E-state index in [1.165, 1.54) is 11.9 Å². The molecule has 0 saturated heterocycles. The van der Waals surface area contributed by atoms with Gasteiger partial charge in [-0.15, -0.1) is 0 Å². The van der Waals surface area contributed by atoms with Gasteiger partial charge >= 0.3 is 5.97 Å². The van der Waals surface area contributed by atoms with Crippen LogP contribution in [-0.4, -0.2) is 39.4 Å². The molecule has 45 heavy (non-hydrogen) atoms. The molecule has 2 aromatic carbocycles. The van der Waals surface area contributed by atoms with Crippen LogP contribution in [0.5, 0.6) is 5.88 Å². The molecule has 7 nitrogen and oxygen atoms in total. The van der Waals surface area contributed by atoms with Crippen molar-refractivity contribution in [1.82, 2.24) is 9.97 Å². The predicted molar refractivity (Wildman–Crippen MR) is 184 cm³/mol. The number of anilines is 1. The van der Waals surface area contributed by atoms with Gasteiger partial charge in [0, 0.05) is 28.9 Å². The summed E-state index contributed by atoms with van der Waals surface area (Å²) in [6.45, 7) is 18.8. The number of esters is 1. The Morgan fingerprint density at radius 1 is 1.07 bits per heavy atom. The van der Waals surface area contributed by atoms with Gasteiger partial charge in [-0.25, -0.2) is 4.98 Å². The second kappa shape index (κ2) is 14.5. The van der Waals surface area contributed by atoms with Crippen molar-refractivity contribution < 1.29 is 19.4 Å². The van der Waals surface area contributed by atoms with Crippen LogP contribution in [0.25, 0.3) is 11.3 Å². The Bertz CT molecular complexity index is 1440. The third-order valence-electron chi connectivity index (χ3n) is 8.20. The number of aromatic nitrogens is 2. The number of hydrogen-bond acceptors (Lipinski definition) is 8. The maximum Gasteiger partial charge on any atom is 0.306 e. The summed E-state index contributed by atoms with van der Waals surface area (Å²) in [6, 6.07) is 16.7. The van der Waals surface area contributed by atoms with Crippen molar-refractivity contribution >= 4 is 23.9 Å². The van der Waals surface area contributed by atoms with Gasteiger partial charge in [0.05, 0.1) is 24.0 Å². The summed E-state index contributed by atoms with van der Waals surface area (Å²) in [5, 5.41) is 10.8. The van der Waals surface area contributed by atoms with E-state index in [-0.39, 0.29) is 41.7 Å². The summed E-state index contributed by atoms with van der Waals surface area (Å²) in [6.07, 6.45) is 2.18. The zero-order chi connectivity index (χ0) is 32.9. The molecule has 0 aliphatic carbocycles. The Balaban J connectivity index is 1.83. The summed E-state index contributed by atoms with van der Waals surface area (Å²) in [4.78, 5) is 23.9. The number of carbonyl (C=O) groups excluding carboxylic acids is 1. The second-order valence-corrected chi connectivity index (χ2v) is 15.6. The Morgan fingerprint density at radius 3 is 2.40 bits per heavy atom. The zero-order valence-corrected chi connectivity index (χ0v) is 29.3. The smallest absolute Gasteiger partial charge is 0.306 e. The monoisotopic (exact) mass is 633 g/mol. The number of hydrogen-bond donors (Lipinski definition) is 2. The molecule has 3 aromatic rings. The van der Waals surface area contributed by atoms with Gasteiger partial charge in [0.2, 0.25) is 11.8 Å². The zero-order valence-electron chi connectivity index (χ0n) is 28.4. The third-order valence-corrected chi connectivity index (χ3v) is 8.98. The normalized spacial score (nSPS) is 17.8. The van der Waals surface area contributed by atoms with Crippen molar-refractivity contribution in [3.05, 3.63) is 65.2 Å². The highest BCUT2D eigenvalue weighted by atomic mass is 32.2. The van der Waals surface area contributed by atoms with Crippen LogP contribution in [0.1, 0.15) is 96.8 Å². The van der Waals surface area contributed by atoms with Gasteiger partial charge in [0.15, 0.2) is 0 Å². The van der Waals surface area contributed by atoms with Gasteiger partial charge in [-0.1, -0.05) is 51.1 Å². The number of rotatable bonds is 9. The molecule has 2 heterocycles. The lowest BCUT2D eigenvalue weighted by atomic mass is 9.68. The van der Waals surface area contributed by atoms with Gasteiger partial charge < -0.3 is 14.6 Å². The van der Waals surface area contributed by atoms with Crippen LogP contribution in [-0.2, 0) is 9.53 Å². The first-order chi connectivity index (χ1) is 21.1. The molecule has 2 N–H and O–H groups in total. The van der Waals surface area contributed by atoms with Crippen LogP contribution in [0.2, 0.25) is 0 Å². The maximum atomic E-state index is 13.2. The highest BCUT2D eigenvalue weighted by Gasteiger charge is 2.37. The van der Waals surface area contributed by atoms with E-state index in [0.29, 0.717) is 31.3 Å². The Labute approximate surface area is 274 Å². The molecule has 1 aromatic heterocycles. The number of ether oxygens (including phenoxy) is 2. The Hall–Kier alpha value is -3.10. The fourth-order valence-corrected chi connectivity index (χ4v) is 7.09. The highest BCUT2D eigenvalue weighted by molar-refractivity contribution is 8.00. The number of carbonyl (C=O) groups is 1. The molecule has 0 fully saturated rings. The standard InChI is InChI=1S/C37H51N3O4S/c1-23(2)44-32(41)19-27(16-17-37(8,9)42)34-26-14-11-15-29(18-26)45-40-35-38-30(33-24(3)12-10-13-25(33)4)20-31(39-35)43-22-28(34)21-36(5,6)7/h10-15,18,20,23,27-28,34,42H,16-17,19,21-22H2,1-9H3,(H,38,39,40). The first kappa shape index (κ1) is 34.8. The molecule has 244 valence electrons. The number of aliphatic hydroxyl groups is 1. The van der Waals surface area contributed by atoms with E-state index in [4.69, 9.17) is 19.4 Å². The summed E-state index contributed by atoms with van der Waals surface area (Å²) < 4.78 is 15.7. The molecule has 3 unspecified atom stereocenters. The summed E-state index contributed by atoms with van der Waals surface area (Å²) in [5.41, 5.74) is 4.46. The summed E-state index contributed by atoms with van der Waals surface area (Å²) >= 11 is 1.46. The van der Waals surface area contributed by atoms with Gasteiger partial charge in [-0.05, 0) is 119 Å². The highest BCUT2D eigenvalue weighted by Crippen LogP contribution is 2.44. The molecular formula is C37H51N3O4S. The van der Waals surface area contributed by atoms with Crippen LogP contribution in [0, 0.1) is 31.1 Å². The predicted octanol–water partition coefficient (Wildman–Crippen LogP) is 8.92. The van der Waals surface area contributed by atoms with Crippen molar-refractivity contribution in [3.8, 4) is 17.1 Å². The molecule has 1 aliphatic heterocycles. The number of fused-ring (bicyclic) bond motifs is 4. The molecule has 0 radical (unpaired) electrons. The minimum Gasteiger partial charge on any atom is -0.477 e. The van der Waals surface area contributed by atoms with Gasteiger partial charge in [-0.3, -0.25) is 9.52 Å². The average molecular weight is 634 g/mol. The first-order valence-corrected chi connectivity index (χ1v) is 16.9. The van der Waals surface area contributed by atoms with E-state index < -0.39 is 5.60 Å². The topological polar surface area (TPSA) is 93.6 Å². The van der Waals surface area contributed by atoms with Crippen LogP contribution in [0.3, 0.4) is 0 Å². The SMILES string of the molecule is Cc1cccc(C)c1-c1cc2nc(n1)NSc1cccc(c1)C(C(CCC(C)(C)O)CC(=O)OC(C)C)C(CC(C)(C)C)CO2. The van der Waals surface area contributed by atoms with E-state index in [9.17, 15) is 9.90 Å². The molecule has 0 saturated carbocycles. The number of benzene rings is 2. The molecule has 0 amide bonds. The van der Waals surface area contributed by atoms with Crippen molar-refractivity contribution in [1.29, 1.82) is 0 Å². The molecule has 0 spiro atoms. The third kappa shape index (κ3) is 10.2. The van der Waals surface area contributed by atoms with Gasteiger partial charge in [0.1, 0.15) is 0 Å². The lowest BCUT2D eigenvalue weighted by Crippen LogP contribution is -2.33. The molecular weight excluding hydrogens is 582 g/mol. The van der Waals surface area contributed by atoms with E-state index in [0.717, 1.165) is 39.3 Å². The van der Waals surface area contributed by atoms with Gasteiger partial charge in [0.25, 0.3) is 0 Å². The minimum absolute atomic E-state index is 0.00322. The Kier molecular flexibility index (Phi) is 11.2. The average Bonchev–Trinajstić information content (AvgIpc) is 2.91. The maximum absolute atomic E-state index is 13.2. The van der Waals surface area contributed by atoms with Crippen LogP contribution in [0.4, 0.5) is 5.95 Å². The van der Waals surface area contributed by atoms with Crippen molar-refractivity contribution in [3.63, 3.8) is 0 Å². The van der Waals surface area contributed by atoms with Crippen molar-refractivity contribution in [2.45, 2.75) is 111 Å². The number of aryl methyl sites for hydroxylation is 2. The number of nitrogens with one attached hydrogen (secondary N) is 1. The molecule has 4 bridgehead atoms. The molecule has 1 aliphatic rings. The summed E-state index contributed by atoms with van der Waals surface area (Å²) in [7, 11) is 0. The minimum atomic E-state index is -0.856. The van der Waals surface area contributed by atoms with Crippen LogP contribution < -0.4 is 9.46 Å². The second-order valence-electron chi connectivity index (χ2n) is 14.7. The first-order valence-electron chi connectivity index (χ1n) is 16.1. The van der Waals surface area contributed by atoms with E-state index in [1.807, 2.05) is 33.8 Å². The van der Waals surface area contributed by atoms with Crippen molar-refractivity contribution in [2.75, 3.05) is 11.3 Å². The quantitative estimate of drug-likeness (QED) is 0.178. The summed E-state index contributed by atoms with van der Waals surface area (Å²) in [5.74, 6) is 0.757. The van der Waals surface area contributed by atoms with Crippen LogP contribution >= 0.6 is 11.9 Å². The largest absolute Gasteiger partial charge is 0.477 e. The van der Waals surface area contributed by atoms with E-state index >= 15 is 0 Å². The number of nitrogens with zero attached hydrogens (tertiary/aromatic N) is 2. The fraction of sp³-hybridized carbons (Fsp3) is 0.541. The van der Waals surface area contributed by atoms with Gasteiger partial charge in [-0.2, -0.15) is 4.98 Å². The Morgan fingerprint density at radius 2 is 1.76 bits per heavy atom. The van der Waals surface area contributed by atoms with Crippen LogP contribution in [0.15, 0.2) is 53.4 Å². The van der Waals surface area contributed by atoms with E-state index in [1.54, 1.807) is 0 Å². The van der Waals surface area contributed by atoms with E-state index in [2.05, 4.69) is 81.8 Å². The molecule has 3 atom stereocenters. The molecule has 4 rings (SSSR count).